The molecule has 0 atom stereocenters. The van der Waals surface area contributed by atoms with Crippen LogP contribution >= 0.6 is 0 Å². The van der Waals surface area contributed by atoms with E-state index in [9.17, 15) is 0 Å². The molecule has 0 N–H and O–H groups in total. The summed E-state index contributed by atoms with van der Waals surface area (Å²) in [4.78, 5) is 2.64. The van der Waals surface area contributed by atoms with E-state index in [1.165, 1.54) is 63.0 Å². The zero-order valence-electron chi connectivity index (χ0n) is 23.2. The molecule has 0 saturated carbocycles. The van der Waals surface area contributed by atoms with Gasteiger partial charge in [-0.05, 0) is 52.7 Å². The summed E-state index contributed by atoms with van der Waals surface area (Å²) in [5.74, 6) is 0. The van der Waals surface area contributed by atoms with Crippen molar-refractivity contribution in [2.45, 2.75) is 67.6 Å². The third-order valence-electron chi connectivity index (χ3n) is 6.51. The van der Waals surface area contributed by atoms with Crippen molar-refractivity contribution in [3.05, 3.63) is 105 Å². The highest BCUT2D eigenvalue weighted by Gasteiger charge is 2.18. The Morgan fingerprint density at radius 2 is 0.886 bits per heavy atom. The number of aryl methyl sites for hydroxylation is 6. The van der Waals surface area contributed by atoms with Crippen LogP contribution in [0.3, 0.4) is 0 Å². The van der Waals surface area contributed by atoms with Gasteiger partial charge in [0.25, 0.3) is 0 Å². The third kappa shape index (κ3) is 9.91. The lowest BCUT2D eigenvalue weighted by molar-refractivity contribution is -0.903. The first-order valence-electron chi connectivity index (χ1n) is 12.7. The Morgan fingerprint density at radius 1 is 0.543 bits per heavy atom. The van der Waals surface area contributed by atoms with Gasteiger partial charge >= 0.3 is 0 Å². The number of nitrogens with zero attached hydrogens (tertiary/aromatic N) is 2. The molecule has 35 heavy (non-hydrogen) atoms. The summed E-state index contributed by atoms with van der Waals surface area (Å²) in [5.41, 5.74) is 12.4. The summed E-state index contributed by atoms with van der Waals surface area (Å²) >= 11 is 0. The summed E-state index contributed by atoms with van der Waals surface area (Å²) in [5, 5.41) is 0. The Balaban J connectivity index is 0.00000432. The van der Waals surface area contributed by atoms with Gasteiger partial charge in [-0.2, -0.15) is 0 Å². The number of halogens is 1. The van der Waals surface area contributed by atoms with Gasteiger partial charge in [0.1, 0.15) is 6.54 Å². The van der Waals surface area contributed by atoms with Gasteiger partial charge in [0.2, 0.25) is 0 Å². The first-order valence-corrected chi connectivity index (χ1v) is 12.7. The van der Waals surface area contributed by atoms with Crippen LogP contribution in [0.1, 0.15) is 56.5 Å². The minimum Gasteiger partial charge on any atom is -1.00 e. The van der Waals surface area contributed by atoms with Crippen molar-refractivity contribution in [1.29, 1.82) is 0 Å². The molecule has 3 rings (SSSR count). The van der Waals surface area contributed by atoms with E-state index in [2.05, 4.69) is 115 Å². The van der Waals surface area contributed by atoms with E-state index in [1.807, 2.05) is 0 Å². The van der Waals surface area contributed by atoms with Crippen molar-refractivity contribution >= 4 is 0 Å². The molecule has 2 nitrogen and oxygen atoms in total. The van der Waals surface area contributed by atoms with Crippen molar-refractivity contribution < 1.29 is 21.5 Å². The Labute approximate surface area is 225 Å². The summed E-state index contributed by atoms with van der Waals surface area (Å²) in [6.45, 7) is 18.6. The fraction of sp³-hybridized carbons (Fsp3) is 0.438. The molecule has 190 valence electrons. The smallest absolute Gasteiger partial charge is 0.104 e. The second-order valence-electron chi connectivity index (χ2n) is 11.4. The molecule has 0 spiro atoms. The monoisotopic (exact) mass is 536 g/mol. The molecule has 0 aliphatic rings. The quantitative estimate of drug-likeness (QED) is 0.351. The van der Waals surface area contributed by atoms with E-state index >= 15 is 0 Å². The summed E-state index contributed by atoms with van der Waals surface area (Å²) in [6, 6.07) is 20.9. The average Bonchev–Trinajstić information content (AvgIpc) is 2.64. The highest BCUT2D eigenvalue weighted by molar-refractivity contribution is 5.30. The molecular weight excluding hydrogens is 492 g/mol. The van der Waals surface area contributed by atoms with Crippen LogP contribution in [0.15, 0.2) is 54.6 Å². The van der Waals surface area contributed by atoms with Gasteiger partial charge < -0.3 is 21.5 Å². The van der Waals surface area contributed by atoms with Crippen molar-refractivity contribution in [2.24, 2.45) is 0 Å². The van der Waals surface area contributed by atoms with Gasteiger partial charge in [-0.15, -0.1) is 0 Å². The molecule has 3 aromatic carbocycles. The fourth-order valence-corrected chi connectivity index (χ4v) is 5.51. The first-order chi connectivity index (χ1) is 16.0. The topological polar surface area (TPSA) is 3.24 Å². The predicted molar refractivity (Wildman–Crippen MR) is 147 cm³/mol. The lowest BCUT2D eigenvalue weighted by Crippen LogP contribution is -3.00. The molecule has 3 heteroatoms. The lowest BCUT2D eigenvalue weighted by Gasteiger charge is -2.31. The van der Waals surface area contributed by atoms with E-state index in [0.29, 0.717) is 0 Å². The summed E-state index contributed by atoms with van der Waals surface area (Å²) in [6.07, 6.45) is 1.19. The molecule has 0 heterocycles. The normalized spacial score (nSPS) is 11.6. The van der Waals surface area contributed by atoms with Crippen LogP contribution in [0.5, 0.6) is 0 Å². The second-order valence-corrected chi connectivity index (χ2v) is 11.4. The minimum absolute atomic E-state index is 0. The van der Waals surface area contributed by atoms with Crippen LogP contribution in [-0.4, -0.2) is 36.6 Å². The van der Waals surface area contributed by atoms with Crippen LogP contribution in [0.25, 0.3) is 0 Å². The molecule has 0 unspecified atom stereocenters. The second kappa shape index (κ2) is 12.9. The maximum Gasteiger partial charge on any atom is 0.104 e. The number of quaternary nitrogens is 1. The Kier molecular flexibility index (Phi) is 10.8. The number of hydrogen-bond acceptors (Lipinski definition) is 1. The van der Waals surface area contributed by atoms with Crippen LogP contribution in [0, 0.1) is 41.5 Å². The van der Waals surface area contributed by atoms with E-state index in [4.69, 9.17) is 0 Å². The molecule has 0 amide bonds. The van der Waals surface area contributed by atoms with Crippen molar-refractivity contribution in [1.82, 2.24) is 4.90 Å². The zero-order chi connectivity index (χ0) is 24.9. The Morgan fingerprint density at radius 3 is 1.26 bits per heavy atom. The Hall–Kier alpha value is -1.94. The molecule has 0 radical (unpaired) electrons. The van der Waals surface area contributed by atoms with E-state index in [0.717, 1.165) is 30.7 Å². The van der Waals surface area contributed by atoms with Gasteiger partial charge in [-0.3, -0.25) is 4.90 Å². The van der Waals surface area contributed by atoms with Crippen LogP contribution < -0.4 is 17.0 Å². The molecule has 0 saturated heterocycles. The third-order valence-corrected chi connectivity index (χ3v) is 6.51. The molecule has 0 fully saturated rings. The summed E-state index contributed by atoms with van der Waals surface area (Å²) in [7, 11) is 4.74. The lowest BCUT2D eigenvalue weighted by atomic mass is 10.0. The zero-order valence-corrected chi connectivity index (χ0v) is 24.8. The van der Waals surface area contributed by atoms with Gasteiger partial charge in [0, 0.05) is 31.6 Å². The van der Waals surface area contributed by atoms with Crippen molar-refractivity contribution in [3.63, 3.8) is 0 Å². The maximum atomic E-state index is 2.64. The van der Waals surface area contributed by atoms with Gasteiger partial charge in [0.05, 0.1) is 20.6 Å². The minimum atomic E-state index is 0. The number of rotatable bonds is 10. The standard InChI is InChI=1S/C32H45N2.BrH/c1-24-12-25(2)16-30(15-24)21-33(22-31-17-26(3)13-27(4)18-31)10-9-11-34(7,8)23-32-19-28(5)14-29(6)20-32;/h12-20H,9-11,21-23H2,1-8H3;1H/q+1;/p-1. The molecule has 0 aliphatic heterocycles. The number of benzene rings is 3. The first kappa shape index (κ1) is 29.3. The average molecular weight is 538 g/mol. The highest BCUT2D eigenvalue weighted by Crippen LogP contribution is 2.18. The van der Waals surface area contributed by atoms with Gasteiger partial charge in [-0.25, -0.2) is 0 Å². The van der Waals surface area contributed by atoms with Crippen molar-refractivity contribution in [3.8, 4) is 0 Å². The van der Waals surface area contributed by atoms with Crippen LogP contribution in [0.4, 0.5) is 0 Å². The predicted octanol–water partition coefficient (Wildman–Crippen LogP) is 4.21. The molecular formula is C32H45BrN2. The van der Waals surface area contributed by atoms with Crippen molar-refractivity contribution in [2.75, 3.05) is 27.2 Å². The van der Waals surface area contributed by atoms with E-state index < -0.39 is 0 Å². The highest BCUT2D eigenvalue weighted by atomic mass is 79.9. The van der Waals surface area contributed by atoms with E-state index in [1.54, 1.807) is 0 Å². The number of hydrogen-bond donors (Lipinski definition) is 0. The van der Waals surface area contributed by atoms with Gasteiger partial charge in [0.15, 0.2) is 0 Å². The summed E-state index contributed by atoms with van der Waals surface area (Å²) < 4.78 is 1.02. The molecule has 0 aliphatic carbocycles. The van der Waals surface area contributed by atoms with E-state index in [-0.39, 0.29) is 17.0 Å². The largest absolute Gasteiger partial charge is 1.00 e. The molecule has 0 aromatic heterocycles. The van der Waals surface area contributed by atoms with Crippen LogP contribution in [0.2, 0.25) is 0 Å². The Bertz CT molecular complexity index is 1000. The molecule has 0 bridgehead atoms. The van der Waals surface area contributed by atoms with Gasteiger partial charge in [-0.1, -0.05) is 88.0 Å². The maximum absolute atomic E-state index is 2.64. The SMILES string of the molecule is Cc1cc(C)cc(CN(CCC[N+](C)(C)Cc2cc(C)cc(C)c2)Cc2cc(C)cc(C)c2)c1.[Br-]. The molecule has 3 aromatic rings. The fourth-order valence-electron chi connectivity index (χ4n) is 5.51. The van der Waals surface area contributed by atoms with Crippen LogP contribution in [-0.2, 0) is 19.6 Å².